The van der Waals surface area contributed by atoms with E-state index in [1.54, 1.807) is 24.1 Å². The zero-order valence-corrected chi connectivity index (χ0v) is 24.2. The first kappa shape index (κ1) is 28.4. The van der Waals surface area contributed by atoms with Crippen molar-refractivity contribution in [2.75, 3.05) is 42.1 Å². The quantitative estimate of drug-likeness (QED) is 0.241. The summed E-state index contributed by atoms with van der Waals surface area (Å²) in [6.07, 6.45) is 6.29. The first-order chi connectivity index (χ1) is 21.2. The molecule has 1 aliphatic carbocycles. The Morgan fingerprint density at radius 3 is 2.59 bits per heavy atom. The molecule has 1 spiro atoms. The van der Waals surface area contributed by atoms with Crippen LogP contribution in [-0.2, 0) is 11.9 Å². The third kappa shape index (κ3) is 4.88. The Bertz CT molecular complexity index is 1710. The fourth-order valence-corrected chi connectivity index (χ4v) is 6.42. The number of ether oxygens (including phenoxy) is 1. The Hall–Kier alpha value is -4.39. The maximum Gasteiger partial charge on any atom is 0.254 e. The van der Waals surface area contributed by atoms with Gasteiger partial charge in [0, 0.05) is 79.1 Å². The molecule has 44 heavy (non-hydrogen) atoms. The smallest absolute Gasteiger partial charge is 0.254 e. The Kier molecular flexibility index (Phi) is 6.87. The lowest BCUT2D eigenvalue weighted by atomic mass is 9.91. The highest BCUT2D eigenvalue weighted by atomic mass is 19.3. The second-order valence-corrected chi connectivity index (χ2v) is 11.6. The van der Waals surface area contributed by atoms with E-state index in [2.05, 4.69) is 25.3 Å². The molecule has 2 aromatic carbocycles. The van der Waals surface area contributed by atoms with Crippen molar-refractivity contribution in [1.29, 1.82) is 0 Å². The summed E-state index contributed by atoms with van der Waals surface area (Å²) in [7, 11) is 3.39. The van der Waals surface area contributed by atoms with Gasteiger partial charge in [-0.25, -0.2) is 32.6 Å². The van der Waals surface area contributed by atoms with Crippen LogP contribution in [0.3, 0.4) is 0 Å². The molecule has 3 aliphatic rings. The second kappa shape index (κ2) is 10.7. The predicted octanol–water partition coefficient (Wildman–Crippen LogP) is 6.42. The molecule has 1 saturated carbocycles. The topological polar surface area (TPSA) is 80.6 Å². The van der Waals surface area contributed by atoms with Gasteiger partial charge in [-0.05, 0) is 25.0 Å². The van der Waals surface area contributed by atoms with Crippen LogP contribution in [0.25, 0.3) is 11.1 Å². The number of anilines is 4. The zero-order valence-electron chi connectivity index (χ0n) is 24.2. The number of alkyl halides is 2. The summed E-state index contributed by atoms with van der Waals surface area (Å²) in [4.78, 5) is 16.6. The number of nitrogens with zero attached hydrogens (tertiary/aromatic N) is 6. The van der Waals surface area contributed by atoms with Crippen molar-refractivity contribution in [1.82, 2.24) is 19.7 Å². The number of benzene rings is 2. The number of rotatable bonds is 7. The number of methoxy groups -OCH3 is 1. The lowest BCUT2D eigenvalue weighted by molar-refractivity contribution is 0.0537. The van der Waals surface area contributed by atoms with E-state index in [-0.39, 0.29) is 12.0 Å². The van der Waals surface area contributed by atoms with Gasteiger partial charge in [-0.15, -0.1) is 0 Å². The lowest BCUT2D eigenvalue weighted by Gasteiger charge is -2.35. The van der Waals surface area contributed by atoms with E-state index in [4.69, 9.17) is 9.57 Å². The van der Waals surface area contributed by atoms with Gasteiger partial charge in [0.1, 0.15) is 17.9 Å². The summed E-state index contributed by atoms with van der Waals surface area (Å²) in [5.41, 5.74) is 2.51. The number of hydroxylamine groups is 1. The van der Waals surface area contributed by atoms with Gasteiger partial charge in [0.2, 0.25) is 0 Å². The van der Waals surface area contributed by atoms with E-state index in [9.17, 15) is 17.6 Å². The van der Waals surface area contributed by atoms with Crippen LogP contribution in [0, 0.1) is 17.0 Å². The highest BCUT2D eigenvalue weighted by Crippen LogP contribution is 2.66. The Morgan fingerprint density at radius 2 is 1.89 bits per heavy atom. The van der Waals surface area contributed by atoms with Crippen molar-refractivity contribution >= 4 is 23.0 Å². The maximum atomic E-state index is 14.7. The van der Waals surface area contributed by atoms with E-state index in [0.29, 0.717) is 62.0 Å². The average molecular weight is 610 g/mol. The van der Waals surface area contributed by atoms with Crippen LogP contribution in [0.1, 0.15) is 37.3 Å². The number of hydrogen-bond acceptors (Lipinski definition) is 8. The van der Waals surface area contributed by atoms with Crippen LogP contribution < -0.4 is 20.0 Å². The van der Waals surface area contributed by atoms with Crippen LogP contribution >= 0.6 is 0 Å². The van der Waals surface area contributed by atoms with Gasteiger partial charge in [-0.3, -0.25) is 9.52 Å². The highest BCUT2D eigenvalue weighted by molar-refractivity contribution is 5.85. The number of aromatic nitrogens is 4. The van der Waals surface area contributed by atoms with Crippen molar-refractivity contribution in [2.24, 2.45) is 12.5 Å². The first-order valence-electron chi connectivity index (χ1n) is 14.5. The molecule has 13 heteroatoms. The molecule has 0 unspecified atom stereocenters. The van der Waals surface area contributed by atoms with E-state index < -0.39 is 29.0 Å². The van der Waals surface area contributed by atoms with E-state index >= 15 is 0 Å². The van der Waals surface area contributed by atoms with Crippen molar-refractivity contribution in [3.05, 3.63) is 72.3 Å². The van der Waals surface area contributed by atoms with Gasteiger partial charge in [0.15, 0.2) is 17.5 Å². The lowest BCUT2D eigenvalue weighted by Crippen LogP contribution is -2.36. The number of hydrogen-bond donors (Lipinski definition) is 1. The summed E-state index contributed by atoms with van der Waals surface area (Å²) in [6, 6.07) is 9.01. The Balaban J connectivity index is 1.20. The molecule has 0 radical (unpaired) electrons. The molecule has 2 saturated heterocycles. The van der Waals surface area contributed by atoms with Crippen molar-refractivity contribution < 1.29 is 27.1 Å². The number of piperidine rings is 1. The standard InChI is InChI=1S/C31H31F4N7O2/c1-40-16-19(15-38-40)21-12-23(26(43-2)13-25(21)41-9-7-30(8-10-41)17-31(30,34)35)39-27-14-28(37-18-36-27)42-24(6-11-44-42)20-4-3-5-22(32)29(20)33/h3-5,12-16,18,24H,6-11,17H2,1-2H3,(H,36,37,39)/t24-/m1/s1. The van der Waals surface area contributed by atoms with Crippen LogP contribution in [0.2, 0.25) is 0 Å². The molecule has 9 nitrogen and oxygen atoms in total. The SMILES string of the molecule is COc1cc(N2CCC3(CC2)CC3(F)F)c(-c2cnn(C)c2)cc1Nc1cc(N2OCC[C@@H]2c2cccc(F)c2F)ncn1. The van der Waals surface area contributed by atoms with Crippen LogP contribution in [0.4, 0.5) is 40.6 Å². The second-order valence-electron chi connectivity index (χ2n) is 11.6. The molecule has 0 bridgehead atoms. The largest absolute Gasteiger partial charge is 0.494 e. The van der Waals surface area contributed by atoms with Gasteiger partial charge in [0.05, 0.1) is 31.6 Å². The minimum Gasteiger partial charge on any atom is -0.494 e. The van der Waals surface area contributed by atoms with Crippen molar-refractivity contribution in [2.45, 2.75) is 37.6 Å². The van der Waals surface area contributed by atoms with Crippen LogP contribution in [-0.4, -0.2) is 52.5 Å². The fourth-order valence-electron chi connectivity index (χ4n) is 6.42. The molecule has 1 atom stereocenters. The minimum atomic E-state index is -2.57. The fraction of sp³-hybridized carbons (Fsp3) is 0.387. The summed E-state index contributed by atoms with van der Waals surface area (Å²) >= 11 is 0. The molecule has 4 aromatic rings. The molecular weight excluding hydrogens is 578 g/mol. The molecule has 0 amide bonds. The minimum absolute atomic E-state index is 0.0310. The van der Waals surface area contributed by atoms with E-state index in [1.165, 1.54) is 23.5 Å². The molecule has 7 rings (SSSR count). The molecule has 1 N–H and O–H groups in total. The van der Waals surface area contributed by atoms with Gasteiger partial charge < -0.3 is 15.0 Å². The average Bonchev–Trinajstić information content (AvgIpc) is 3.41. The summed E-state index contributed by atoms with van der Waals surface area (Å²) < 4.78 is 64.3. The summed E-state index contributed by atoms with van der Waals surface area (Å²) in [5, 5.41) is 9.12. The number of halogens is 4. The Morgan fingerprint density at radius 1 is 1.09 bits per heavy atom. The van der Waals surface area contributed by atoms with Crippen molar-refractivity contribution in [3.8, 4) is 16.9 Å². The van der Waals surface area contributed by atoms with Gasteiger partial charge in [-0.1, -0.05) is 12.1 Å². The molecule has 3 fully saturated rings. The van der Waals surface area contributed by atoms with E-state index in [0.717, 1.165) is 22.9 Å². The summed E-state index contributed by atoms with van der Waals surface area (Å²) in [5.74, 6) is -3.09. The zero-order chi connectivity index (χ0) is 30.6. The van der Waals surface area contributed by atoms with Gasteiger partial charge in [-0.2, -0.15) is 5.10 Å². The van der Waals surface area contributed by atoms with Gasteiger partial charge >= 0.3 is 0 Å². The van der Waals surface area contributed by atoms with Gasteiger partial charge in [0.25, 0.3) is 5.92 Å². The Labute approximate surface area is 251 Å². The molecule has 230 valence electrons. The van der Waals surface area contributed by atoms with Crippen LogP contribution in [0.15, 0.2) is 55.1 Å². The molecule has 2 aromatic heterocycles. The van der Waals surface area contributed by atoms with Crippen molar-refractivity contribution in [3.63, 3.8) is 0 Å². The third-order valence-corrected chi connectivity index (χ3v) is 8.99. The predicted molar refractivity (Wildman–Crippen MR) is 156 cm³/mol. The number of aryl methyl sites for hydroxylation is 1. The highest BCUT2D eigenvalue weighted by Gasteiger charge is 2.70. The monoisotopic (exact) mass is 609 g/mol. The molecular formula is C31H31F4N7O2. The maximum absolute atomic E-state index is 14.7. The van der Waals surface area contributed by atoms with Crippen LogP contribution in [0.5, 0.6) is 5.75 Å². The first-order valence-corrected chi connectivity index (χ1v) is 14.5. The molecule has 2 aliphatic heterocycles. The third-order valence-electron chi connectivity index (χ3n) is 8.99. The summed E-state index contributed by atoms with van der Waals surface area (Å²) in [6.45, 7) is 1.33. The van der Waals surface area contributed by atoms with E-state index in [1.807, 2.05) is 25.4 Å². The molecule has 4 heterocycles. The normalized spacial score (nSPS) is 20.3. The number of nitrogens with one attached hydrogen (secondary N) is 1.